The molecule has 3 heterocycles. The molecule has 29 heavy (non-hydrogen) atoms. The Hall–Kier alpha value is -2.44. The summed E-state index contributed by atoms with van der Waals surface area (Å²) >= 11 is 0. The van der Waals surface area contributed by atoms with Crippen molar-refractivity contribution in [2.45, 2.75) is 25.3 Å². The van der Waals surface area contributed by atoms with Crippen LogP contribution in [0.25, 0.3) is 0 Å². The lowest BCUT2D eigenvalue weighted by Crippen LogP contribution is -2.46. The summed E-state index contributed by atoms with van der Waals surface area (Å²) in [6.07, 6.45) is 5.32. The van der Waals surface area contributed by atoms with E-state index in [-0.39, 0.29) is 5.91 Å². The zero-order chi connectivity index (χ0) is 19.9. The van der Waals surface area contributed by atoms with Gasteiger partial charge < -0.3 is 20.4 Å². The molecule has 2 N–H and O–H groups in total. The van der Waals surface area contributed by atoms with Gasteiger partial charge in [0.15, 0.2) is 0 Å². The number of pyridine rings is 1. The lowest BCUT2D eigenvalue weighted by atomic mass is 10.0. The highest BCUT2D eigenvalue weighted by Gasteiger charge is 2.21. The average molecular weight is 394 g/mol. The van der Waals surface area contributed by atoms with Crippen LogP contribution in [0.15, 0.2) is 48.7 Å². The van der Waals surface area contributed by atoms with E-state index in [2.05, 4.69) is 49.7 Å². The number of rotatable bonds is 7. The van der Waals surface area contributed by atoms with Crippen molar-refractivity contribution in [3.8, 4) is 0 Å². The minimum absolute atomic E-state index is 0.0343. The molecule has 2 saturated heterocycles. The van der Waals surface area contributed by atoms with E-state index < -0.39 is 0 Å². The van der Waals surface area contributed by atoms with E-state index in [9.17, 15) is 4.79 Å². The number of anilines is 1. The maximum absolute atomic E-state index is 12.4. The van der Waals surface area contributed by atoms with Crippen molar-refractivity contribution >= 4 is 11.7 Å². The summed E-state index contributed by atoms with van der Waals surface area (Å²) < 4.78 is 0. The Labute approximate surface area is 173 Å². The molecule has 2 aliphatic heterocycles. The first kappa shape index (κ1) is 19.9. The summed E-state index contributed by atoms with van der Waals surface area (Å²) in [6, 6.07) is 14.7. The maximum Gasteiger partial charge on any atom is 0.252 e. The number of piperazine rings is 1. The van der Waals surface area contributed by atoms with Crippen LogP contribution in [0, 0.1) is 0 Å². The van der Waals surface area contributed by atoms with E-state index in [1.807, 2.05) is 18.2 Å². The highest BCUT2D eigenvalue weighted by Crippen LogP contribution is 2.21. The van der Waals surface area contributed by atoms with E-state index in [4.69, 9.17) is 0 Å². The Balaban J connectivity index is 1.27. The summed E-state index contributed by atoms with van der Waals surface area (Å²) in [5.41, 5.74) is 1.92. The van der Waals surface area contributed by atoms with Crippen molar-refractivity contribution in [3.05, 3.63) is 59.8 Å². The van der Waals surface area contributed by atoms with Gasteiger partial charge in [0.25, 0.3) is 5.91 Å². The Kier molecular flexibility index (Phi) is 6.75. The van der Waals surface area contributed by atoms with E-state index in [1.54, 1.807) is 6.20 Å². The highest BCUT2D eigenvalue weighted by molar-refractivity contribution is 5.94. The van der Waals surface area contributed by atoms with Crippen LogP contribution in [0.4, 0.5) is 5.82 Å². The normalized spacial score (nSPS) is 20.0. The van der Waals surface area contributed by atoms with Crippen LogP contribution in [-0.4, -0.2) is 61.6 Å². The number of carbonyl (C=O) groups excluding carboxylic acids is 1. The van der Waals surface area contributed by atoms with E-state index in [1.165, 1.54) is 31.5 Å². The third-order valence-electron chi connectivity index (χ3n) is 5.85. The van der Waals surface area contributed by atoms with Crippen LogP contribution >= 0.6 is 0 Å². The quantitative estimate of drug-likeness (QED) is 0.708. The summed E-state index contributed by atoms with van der Waals surface area (Å²) in [6.45, 7) is 6.90. The SMILES string of the molecule is O=C(NCCCN1CCCC1)c1ccc(N2CCNC(c3ccccc3)C2)nc1. The Morgan fingerprint density at radius 2 is 1.93 bits per heavy atom. The molecule has 1 atom stereocenters. The number of carbonyl (C=O) groups is 1. The number of nitrogens with one attached hydrogen (secondary N) is 2. The van der Waals surface area contributed by atoms with Crippen LogP contribution in [0.1, 0.15) is 41.2 Å². The van der Waals surface area contributed by atoms with Crippen molar-refractivity contribution in [1.29, 1.82) is 0 Å². The first-order chi connectivity index (χ1) is 14.3. The molecule has 0 saturated carbocycles. The number of amides is 1. The molecule has 6 heteroatoms. The Morgan fingerprint density at radius 3 is 2.69 bits per heavy atom. The standard InChI is InChI=1S/C23H31N5O/c29-23(25-11-6-15-27-13-4-5-14-27)20-9-10-22(26-17-20)28-16-12-24-21(18-28)19-7-2-1-3-8-19/h1-3,7-10,17,21,24H,4-6,11-16,18H2,(H,25,29). The third-order valence-corrected chi connectivity index (χ3v) is 5.85. The van der Waals surface area contributed by atoms with Gasteiger partial charge in [0.2, 0.25) is 0 Å². The van der Waals surface area contributed by atoms with Gasteiger partial charge in [0, 0.05) is 38.4 Å². The monoisotopic (exact) mass is 393 g/mol. The molecular weight excluding hydrogens is 362 g/mol. The predicted molar refractivity (Wildman–Crippen MR) is 116 cm³/mol. The van der Waals surface area contributed by atoms with Gasteiger partial charge in [0.1, 0.15) is 5.82 Å². The Bertz CT molecular complexity index is 774. The molecular formula is C23H31N5O. The predicted octanol–water partition coefficient (Wildman–Crippen LogP) is 2.45. The lowest BCUT2D eigenvalue weighted by molar-refractivity contribution is 0.0951. The molecule has 0 bridgehead atoms. The molecule has 1 aromatic carbocycles. The van der Waals surface area contributed by atoms with Gasteiger partial charge in [-0.2, -0.15) is 0 Å². The van der Waals surface area contributed by atoms with E-state index in [0.29, 0.717) is 18.2 Å². The van der Waals surface area contributed by atoms with Gasteiger partial charge in [-0.15, -0.1) is 0 Å². The fourth-order valence-corrected chi connectivity index (χ4v) is 4.19. The van der Waals surface area contributed by atoms with Gasteiger partial charge in [-0.25, -0.2) is 4.98 Å². The van der Waals surface area contributed by atoms with Gasteiger partial charge in [-0.1, -0.05) is 30.3 Å². The fourth-order valence-electron chi connectivity index (χ4n) is 4.19. The van der Waals surface area contributed by atoms with Crippen molar-refractivity contribution in [2.75, 3.05) is 50.7 Å². The molecule has 6 nitrogen and oxygen atoms in total. The molecule has 0 radical (unpaired) electrons. The lowest BCUT2D eigenvalue weighted by Gasteiger charge is -2.34. The van der Waals surface area contributed by atoms with Gasteiger partial charge in [-0.3, -0.25) is 4.79 Å². The molecule has 1 amide bonds. The summed E-state index contributed by atoms with van der Waals surface area (Å²) in [7, 11) is 0. The van der Waals surface area contributed by atoms with Crippen LogP contribution in [0.5, 0.6) is 0 Å². The average Bonchev–Trinajstić information content (AvgIpc) is 3.31. The van der Waals surface area contributed by atoms with Gasteiger partial charge in [0.05, 0.1) is 5.56 Å². The second kappa shape index (κ2) is 9.85. The largest absolute Gasteiger partial charge is 0.353 e. The number of nitrogens with zero attached hydrogens (tertiary/aromatic N) is 3. The summed E-state index contributed by atoms with van der Waals surface area (Å²) in [5.74, 6) is 0.894. The molecule has 0 spiro atoms. The molecule has 2 aromatic rings. The third kappa shape index (κ3) is 5.34. The number of hydrogen-bond acceptors (Lipinski definition) is 5. The molecule has 2 aliphatic rings. The van der Waals surface area contributed by atoms with Crippen LogP contribution < -0.4 is 15.5 Å². The molecule has 4 rings (SSSR count). The second-order valence-corrected chi connectivity index (χ2v) is 7.93. The van der Waals surface area contributed by atoms with Crippen molar-refractivity contribution < 1.29 is 4.79 Å². The molecule has 154 valence electrons. The molecule has 0 aliphatic carbocycles. The first-order valence-electron chi connectivity index (χ1n) is 10.8. The molecule has 2 fully saturated rings. The zero-order valence-corrected chi connectivity index (χ0v) is 17.0. The second-order valence-electron chi connectivity index (χ2n) is 7.93. The van der Waals surface area contributed by atoms with Crippen LogP contribution in [-0.2, 0) is 0 Å². The van der Waals surface area contributed by atoms with Crippen LogP contribution in [0.3, 0.4) is 0 Å². The van der Waals surface area contributed by atoms with Gasteiger partial charge >= 0.3 is 0 Å². The zero-order valence-electron chi connectivity index (χ0n) is 17.0. The Morgan fingerprint density at radius 1 is 1.10 bits per heavy atom. The molecule has 1 aromatic heterocycles. The number of likely N-dealkylation sites (tertiary alicyclic amines) is 1. The maximum atomic E-state index is 12.4. The first-order valence-corrected chi connectivity index (χ1v) is 10.8. The van der Waals surface area contributed by atoms with Gasteiger partial charge in [-0.05, 0) is 56.6 Å². The number of aromatic nitrogens is 1. The topological polar surface area (TPSA) is 60.5 Å². The minimum Gasteiger partial charge on any atom is -0.353 e. The van der Waals surface area contributed by atoms with Crippen molar-refractivity contribution in [2.24, 2.45) is 0 Å². The smallest absolute Gasteiger partial charge is 0.252 e. The summed E-state index contributed by atoms with van der Waals surface area (Å²) in [5, 5.41) is 6.60. The summed E-state index contributed by atoms with van der Waals surface area (Å²) in [4.78, 5) is 21.7. The van der Waals surface area contributed by atoms with E-state index >= 15 is 0 Å². The highest BCUT2D eigenvalue weighted by atomic mass is 16.1. The van der Waals surface area contributed by atoms with E-state index in [0.717, 1.165) is 38.4 Å². The number of hydrogen-bond donors (Lipinski definition) is 2. The van der Waals surface area contributed by atoms with Crippen LogP contribution in [0.2, 0.25) is 0 Å². The van der Waals surface area contributed by atoms with Crippen molar-refractivity contribution in [1.82, 2.24) is 20.5 Å². The fraction of sp³-hybridized carbons (Fsp3) is 0.478. The number of benzene rings is 1. The minimum atomic E-state index is -0.0343. The van der Waals surface area contributed by atoms with Crippen molar-refractivity contribution in [3.63, 3.8) is 0 Å². The molecule has 1 unspecified atom stereocenters.